The Morgan fingerprint density at radius 2 is 2.06 bits per heavy atom. The second-order valence-electron chi connectivity index (χ2n) is 5.13. The number of aromatic amines is 1. The Labute approximate surface area is 109 Å². The van der Waals surface area contributed by atoms with Gasteiger partial charge in [-0.05, 0) is 19.8 Å². The molecular weight excluding hydrogens is 230 g/mol. The fraction of sp³-hybridized carbons (Fsp3) is 0.769. The van der Waals surface area contributed by atoms with E-state index in [9.17, 15) is 5.11 Å². The van der Waals surface area contributed by atoms with Crippen molar-refractivity contribution in [2.24, 2.45) is 5.92 Å². The summed E-state index contributed by atoms with van der Waals surface area (Å²) < 4.78 is 5.38. The number of aromatic nitrogens is 2. The third kappa shape index (κ3) is 5.16. The summed E-state index contributed by atoms with van der Waals surface area (Å²) >= 11 is 0. The SMILES string of the molecule is Cc1n[nH]c(C)c1CNC[C@H](O)COCC(C)C. The maximum atomic E-state index is 9.72. The normalized spacial score (nSPS) is 13.2. The highest BCUT2D eigenvalue weighted by molar-refractivity contribution is 5.22. The molecule has 0 fully saturated rings. The summed E-state index contributed by atoms with van der Waals surface area (Å²) in [7, 11) is 0. The van der Waals surface area contributed by atoms with E-state index in [-0.39, 0.29) is 0 Å². The van der Waals surface area contributed by atoms with Crippen molar-refractivity contribution in [2.75, 3.05) is 19.8 Å². The molecule has 5 nitrogen and oxygen atoms in total. The third-order valence-corrected chi connectivity index (χ3v) is 2.72. The molecule has 5 heteroatoms. The van der Waals surface area contributed by atoms with Crippen molar-refractivity contribution in [1.29, 1.82) is 0 Å². The van der Waals surface area contributed by atoms with Gasteiger partial charge in [-0.1, -0.05) is 13.8 Å². The molecule has 0 amide bonds. The Morgan fingerprint density at radius 3 is 2.61 bits per heavy atom. The standard InChI is InChI=1S/C13H25N3O2/c1-9(2)7-18-8-12(17)5-14-6-13-10(3)15-16-11(13)4/h9,12,14,17H,5-8H2,1-4H3,(H,15,16)/t12-/m0/s1. The highest BCUT2D eigenvalue weighted by Gasteiger charge is 2.08. The zero-order valence-corrected chi connectivity index (χ0v) is 11.8. The van der Waals surface area contributed by atoms with E-state index < -0.39 is 6.10 Å². The number of aliphatic hydroxyl groups is 1. The largest absolute Gasteiger partial charge is 0.389 e. The number of rotatable bonds is 8. The van der Waals surface area contributed by atoms with Gasteiger partial charge in [0.1, 0.15) is 0 Å². The van der Waals surface area contributed by atoms with E-state index in [1.807, 2.05) is 13.8 Å². The van der Waals surface area contributed by atoms with Crippen LogP contribution in [0.1, 0.15) is 30.8 Å². The zero-order valence-electron chi connectivity index (χ0n) is 11.8. The molecule has 1 atom stereocenters. The summed E-state index contributed by atoms with van der Waals surface area (Å²) in [4.78, 5) is 0. The van der Waals surface area contributed by atoms with E-state index in [2.05, 4.69) is 29.4 Å². The molecule has 0 unspecified atom stereocenters. The van der Waals surface area contributed by atoms with Gasteiger partial charge in [-0.3, -0.25) is 5.10 Å². The summed E-state index contributed by atoms with van der Waals surface area (Å²) in [5.74, 6) is 0.501. The van der Waals surface area contributed by atoms with Crippen LogP contribution in [-0.4, -0.2) is 41.2 Å². The number of H-pyrrole nitrogens is 1. The molecule has 104 valence electrons. The molecule has 0 spiro atoms. The van der Waals surface area contributed by atoms with Crippen molar-refractivity contribution in [3.63, 3.8) is 0 Å². The Kier molecular flexibility index (Phi) is 6.32. The number of ether oxygens (including phenoxy) is 1. The molecule has 0 aliphatic heterocycles. The number of hydrogen-bond acceptors (Lipinski definition) is 4. The zero-order chi connectivity index (χ0) is 13.5. The fourth-order valence-electron chi connectivity index (χ4n) is 1.70. The minimum atomic E-state index is -0.462. The van der Waals surface area contributed by atoms with Gasteiger partial charge >= 0.3 is 0 Å². The Balaban J connectivity index is 2.17. The highest BCUT2D eigenvalue weighted by Crippen LogP contribution is 2.08. The van der Waals surface area contributed by atoms with E-state index in [4.69, 9.17) is 4.74 Å². The van der Waals surface area contributed by atoms with Gasteiger partial charge in [-0.15, -0.1) is 0 Å². The van der Waals surface area contributed by atoms with Crippen LogP contribution < -0.4 is 5.32 Å². The second kappa shape index (κ2) is 7.51. The molecule has 0 radical (unpaired) electrons. The van der Waals surface area contributed by atoms with Gasteiger partial charge in [-0.2, -0.15) is 5.10 Å². The molecule has 3 N–H and O–H groups in total. The van der Waals surface area contributed by atoms with E-state index in [0.29, 0.717) is 25.7 Å². The predicted octanol–water partition coefficient (Wildman–Crippen LogP) is 1.15. The minimum Gasteiger partial charge on any atom is -0.389 e. The maximum Gasteiger partial charge on any atom is 0.0897 e. The number of hydrogen-bond donors (Lipinski definition) is 3. The Bertz CT molecular complexity index is 331. The van der Waals surface area contributed by atoms with Crippen LogP contribution in [-0.2, 0) is 11.3 Å². The lowest BCUT2D eigenvalue weighted by molar-refractivity contribution is 0.0260. The molecule has 1 aromatic heterocycles. The van der Waals surface area contributed by atoms with Crippen LogP contribution >= 0.6 is 0 Å². The first kappa shape index (κ1) is 15.1. The first-order valence-electron chi connectivity index (χ1n) is 6.47. The average molecular weight is 255 g/mol. The summed E-state index contributed by atoms with van der Waals surface area (Å²) in [5.41, 5.74) is 3.25. The van der Waals surface area contributed by atoms with Gasteiger partial charge in [0, 0.05) is 31.0 Å². The minimum absolute atomic E-state index is 0.383. The van der Waals surface area contributed by atoms with Crippen molar-refractivity contribution >= 4 is 0 Å². The lowest BCUT2D eigenvalue weighted by Gasteiger charge is -2.13. The number of nitrogens with one attached hydrogen (secondary N) is 2. The molecule has 1 aromatic rings. The van der Waals surface area contributed by atoms with Crippen molar-refractivity contribution in [2.45, 2.75) is 40.3 Å². The second-order valence-corrected chi connectivity index (χ2v) is 5.13. The van der Waals surface area contributed by atoms with E-state index in [1.54, 1.807) is 0 Å². The van der Waals surface area contributed by atoms with E-state index in [1.165, 1.54) is 5.56 Å². The van der Waals surface area contributed by atoms with Crippen LogP contribution in [0.4, 0.5) is 0 Å². The molecule has 1 heterocycles. The lowest BCUT2D eigenvalue weighted by atomic mass is 10.2. The summed E-state index contributed by atoms with van der Waals surface area (Å²) in [6.45, 7) is 10.5. The third-order valence-electron chi connectivity index (χ3n) is 2.72. The fourth-order valence-corrected chi connectivity index (χ4v) is 1.70. The average Bonchev–Trinajstić information content (AvgIpc) is 2.60. The van der Waals surface area contributed by atoms with Crippen LogP contribution in [0.5, 0.6) is 0 Å². The van der Waals surface area contributed by atoms with Crippen molar-refractivity contribution in [1.82, 2.24) is 15.5 Å². The van der Waals surface area contributed by atoms with Crippen LogP contribution in [0.3, 0.4) is 0 Å². The lowest BCUT2D eigenvalue weighted by Crippen LogP contribution is -2.30. The summed E-state index contributed by atoms with van der Waals surface area (Å²) in [5, 5.41) is 20.0. The molecule has 0 saturated heterocycles. The van der Waals surface area contributed by atoms with Gasteiger partial charge in [0.05, 0.1) is 18.4 Å². The van der Waals surface area contributed by atoms with Gasteiger partial charge in [0.15, 0.2) is 0 Å². The van der Waals surface area contributed by atoms with Gasteiger partial charge < -0.3 is 15.2 Å². The molecule has 0 aliphatic carbocycles. The number of aliphatic hydroxyl groups excluding tert-OH is 1. The Morgan fingerprint density at radius 1 is 1.33 bits per heavy atom. The molecule has 0 saturated carbocycles. The number of aryl methyl sites for hydroxylation is 2. The molecule has 0 aliphatic rings. The van der Waals surface area contributed by atoms with Gasteiger partial charge in [0.25, 0.3) is 0 Å². The van der Waals surface area contributed by atoms with E-state index in [0.717, 1.165) is 17.9 Å². The summed E-state index contributed by atoms with van der Waals surface area (Å²) in [6, 6.07) is 0. The van der Waals surface area contributed by atoms with Crippen molar-refractivity contribution in [3.05, 3.63) is 17.0 Å². The first-order valence-corrected chi connectivity index (χ1v) is 6.47. The predicted molar refractivity (Wildman–Crippen MR) is 71.4 cm³/mol. The molecule has 0 bridgehead atoms. The van der Waals surface area contributed by atoms with Crippen LogP contribution in [0, 0.1) is 19.8 Å². The van der Waals surface area contributed by atoms with Crippen LogP contribution in [0.25, 0.3) is 0 Å². The highest BCUT2D eigenvalue weighted by atomic mass is 16.5. The molecule has 0 aromatic carbocycles. The van der Waals surface area contributed by atoms with Gasteiger partial charge in [0.2, 0.25) is 0 Å². The van der Waals surface area contributed by atoms with Crippen LogP contribution in [0.15, 0.2) is 0 Å². The molecule has 1 rings (SSSR count). The van der Waals surface area contributed by atoms with Crippen molar-refractivity contribution < 1.29 is 9.84 Å². The topological polar surface area (TPSA) is 70.2 Å². The summed E-state index contributed by atoms with van der Waals surface area (Å²) in [6.07, 6.45) is -0.462. The van der Waals surface area contributed by atoms with E-state index >= 15 is 0 Å². The quantitative estimate of drug-likeness (QED) is 0.652. The molecule has 18 heavy (non-hydrogen) atoms. The Hall–Kier alpha value is -0.910. The molecular formula is C13H25N3O2. The van der Waals surface area contributed by atoms with Crippen LogP contribution in [0.2, 0.25) is 0 Å². The monoisotopic (exact) mass is 255 g/mol. The van der Waals surface area contributed by atoms with Crippen molar-refractivity contribution in [3.8, 4) is 0 Å². The smallest absolute Gasteiger partial charge is 0.0897 e. The van der Waals surface area contributed by atoms with Gasteiger partial charge in [-0.25, -0.2) is 0 Å². The number of nitrogens with zero attached hydrogens (tertiary/aromatic N) is 1. The first-order chi connectivity index (χ1) is 8.50. The maximum absolute atomic E-state index is 9.72.